The summed E-state index contributed by atoms with van der Waals surface area (Å²) in [6, 6.07) is 11.4. The van der Waals surface area contributed by atoms with Crippen molar-refractivity contribution in [2.24, 2.45) is 0 Å². The summed E-state index contributed by atoms with van der Waals surface area (Å²) in [5, 5.41) is 2.79. The lowest BCUT2D eigenvalue weighted by Crippen LogP contribution is -2.33. The molecule has 3 aromatic heterocycles. The number of nitrogens with two attached hydrogens (primary N) is 1. The number of benzene rings is 2. The number of fused-ring (bicyclic) bond motifs is 2. The number of nitrogen functional groups attached to an aromatic ring is 1. The number of aromatic nitrogens is 5. The van der Waals surface area contributed by atoms with Gasteiger partial charge in [-0.2, -0.15) is 0 Å². The monoisotopic (exact) mass is 525 g/mol. The molecular weight excluding hydrogens is 504 g/mol. The van der Waals surface area contributed by atoms with Gasteiger partial charge in [0.15, 0.2) is 5.82 Å². The minimum absolute atomic E-state index is 0.0824. The highest BCUT2D eigenvalue weighted by molar-refractivity contribution is 6.09. The van der Waals surface area contributed by atoms with E-state index < -0.39 is 17.0 Å². The molecule has 0 bridgehead atoms. The Balaban J connectivity index is 1.35. The normalized spacial score (nSPS) is 18.3. The average molecular weight is 526 g/mol. The molecule has 194 valence electrons. The van der Waals surface area contributed by atoms with Crippen LogP contribution in [0.4, 0.5) is 20.4 Å². The highest BCUT2D eigenvalue weighted by Gasteiger charge is 2.47. The first-order chi connectivity index (χ1) is 18.8. The lowest BCUT2D eigenvalue weighted by atomic mass is 9.78. The largest absolute Gasteiger partial charge is 0.436 e. The Morgan fingerprint density at radius 2 is 1.82 bits per heavy atom. The number of rotatable bonds is 5. The third-order valence-electron chi connectivity index (χ3n) is 7.21. The van der Waals surface area contributed by atoms with Gasteiger partial charge in [0.1, 0.15) is 40.1 Å². The molecule has 2 aromatic carbocycles. The zero-order valence-corrected chi connectivity index (χ0v) is 20.7. The second-order valence-electron chi connectivity index (χ2n) is 9.90. The van der Waals surface area contributed by atoms with Crippen LogP contribution in [0.2, 0.25) is 0 Å². The maximum atomic E-state index is 13.8. The third kappa shape index (κ3) is 3.77. The second-order valence-corrected chi connectivity index (χ2v) is 9.90. The maximum Gasteiger partial charge on any atom is 0.264 e. The molecule has 1 fully saturated rings. The predicted octanol–water partition coefficient (Wildman–Crippen LogP) is 4.97. The van der Waals surface area contributed by atoms with Crippen molar-refractivity contribution >= 4 is 23.2 Å². The summed E-state index contributed by atoms with van der Waals surface area (Å²) in [6.07, 6.45) is 5.73. The van der Waals surface area contributed by atoms with Gasteiger partial charge < -0.3 is 15.8 Å². The van der Waals surface area contributed by atoms with E-state index in [0.717, 1.165) is 18.5 Å². The molecule has 5 aromatic rings. The van der Waals surface area contributed by atoms with E-state index in [1.54, 1.807) is 35.7 Å². The standard InChI is InChI=1S/C28H21F2N7O2/c1-28(15-7-9-16(29)10-8-15)21-22(31)34-23(35-24(21)36-27(28)38)20-13-37-12-19(14-5-6-14)32-25(37)26(33-20)39-18-4-2-3-17(30)11-18/h2-4,7-14H,5-6H2,1H3,(H3,31,34,35,36,38). The van der Waals surface area contributed by atoms with Gasteiger partial charge in [-0.1, -0.05) is 18.2 Å². The van der Waals surface area contributed by atoms with Crippen molar-refractivity contribution in [1.29, 1.82) is 0 Å². The van der Waals surface area contributed by atoms with Crippen LogP contribution in [0.15, 0.2) is 60.9 Å². The summed E-state index contributed by atoms with van der Waals surface area (Å²) in [7, 11) is 0. The predicted molar refractivity (Wildman–Crippen MR) is 138 cm³/mol. The summed E-state index contributed by atoms with van der Waals surface area (Å²) >= 11 is 0. The van der Waals surface area contributed by atoms with Crippen LogP contribution in [0.25, 0.3) is 17.2 Å². The van der Waals surface area contributed by atoms with Crippen LogP contribution in [0.5, 0.6) is 11.6 Å². The van der Waals surface area contributed by atoms with E-state index in [-0.39, 0.29) is 35.0 Å². The number of amides is 1. The molecule has 7 rings (SSSR count). The van der Waals surface area contributed by atoms with Gasteiger partial charge in [0.25, 0.3) is 5.88 Å². The molecule has 1 saturated carbocycles. The number of carbonyl (C=O) groups is 1. The van der Waals surface area contributed by atoms with Crippen LogP contribution < -0.4 is 15.8 Å². The third-order valence-corrected chi connectivity index (χ3v) is 7.21. The molecule has 4 heterocycles. The zero-order valence-electron chi connectivity index (χ0n) is 20.7. The fraction of sp³-hybridized carbons (Fsp3) is 0.179. The number of hydrogen-bond donors (Lipinski definition) is 2. The minimum atomic E-state index is -1.21. The fourth-order valence-corrected chi connectivity index (χ4v) is 4.96. The Morgan fingerprint density at radius 1 is 1.03 bits per heavy atom. The highest BCUT2D eigenvalue weighted by Crippen LogP contribution is 2.45. The average Bonchev–Trinajstić information content (AvgIpc) is 3.60. The van der Waals surface area contributed by atoms with Gasteiger partial charge in [-0.15, -0.1) is 0 Å². The molecule has 1 aliphatic carbocycles. The number of nitrogens with one attached hydrogen (secondary N) is 1. The molecule has 1 aliphatic heterocycles. The van der Waals surface area contributed by atoms with E-state index in [9.17, 15) is 13.6 Å². The molecule has 2 aliphatic rings. The van der Waals surface area contributed by atoms with Gasteiger partial charge >= 0.3 is 0 Å². The second kappa shape index (κ2) is 8.29. The molecule has 0 radical (unpaired) electrons. The van der Waals surface area contributed by atoms with Gasteiger partial charge in [0.05, 0.1) is 11.3 Å². The Kier molecular flexibility index (Phi) is 4.93. The van der Waals surface area contributed by atoms with Crippen molar-refractivity contribution in [1.82, 2.24) is 24.3 Å². The van der Waals surface area contributed by atoms with Crippen molar-refractivity contribution in [2.45, 2.75) is 31.1 Å². The molecule has 1 amide bonds. The van der Waals surface area contributed by atoms with Crippen LogP contribution in [-0.2, 0) is 10.2 Å². The van der Waals surface area contributed by atoms with Gasteiger partial charge in [-0.05, 0) is 49.6 Å². The van der Waals surface area contributed by atoms with Gasteiger partial charge in [-0.3, -0.25) is 9.20 Å². The molecule has 9 nitrogen and oxygen atoms in total. The first kappa shape index (κ1) is 23.2. The van der Waals surface area contributed by atoms with Crippen molar-refractivity contribution in [2.75, 3.05) is 11.1 Å². The van der Waals surface area contributed by atoms with E-state index in [2.05, 4.69) is 20.3 Å². The number of imidazole rings is 1. The first-order valence-electron chi connectivity index (χ1n) is 12.4. The van der Waals surface area contributed by atoms with Crippen LogP contribution in [-0.4, -0.2) is 30.2 Å². The van der Waals surface area contributed by atoms with Crippen molar-refractivity contribution in [3.8, 4) is 23.1 Å². The summed E-state index contributed by atoms with van der Waals surface area (Å²) in [5.74, 6) is 0.0434. The fourth-order valence-electron chi connectivity index (χ4n) is 4.96. The van der Waals surface area contributed by atoms with Crippen LogP contribution >= 0.6 is 0 Å². The molecule has 0 saturated heterocycles. The van der Waals surface area contributed by atoms with Crippen molar-refractivity contribution < 1.29 is 18.3 Å². The Morgan fingerprint density at radius 3 is 2.56 bits per heavy atom. The molecule has 39 heavy (non-hydrogen) atoms. The van der Waals surface area contributed by atoms with E-state index >= 15 is 0 Å². The van der Waals surface area contributed by atoms with Gasteiger partial charge in [0.2, 0.25) is 11.6 Å². The number of nitrogens with zero attached hydrogens (tertiary/aromatic N) is 5. The lowest BCUT2D eigenvalue weighted by molar-refractivity contribution is -0.119. The summed E-state index contributed by atoms with van der Waals surface area (Å²) < 4.78 is 35.2. The molecule has 0 spiro atoms. The van der Waals surface area contributed by atoms with Crippen molar-refractivity contribution in [3.63, 3.8) is 0 Å². The first-order valence-corrected chi connectivity index (χ1v) is 12.4. The highest BCUT2D eigenvalue weighted by atomic mass is 19.1. The zero-order chi connectivity index (χ0) is 26.9. The van der Waals surface area contributed by atoms with Gasteiger partial charge in [-0.25, -0.2) is 28.7 Å². The summed E-state index contributed by atoms with van der Waals surface area (Å²) in [5.41, 5.74) is 7.86. The summed E-state index contributed by atoms with van der Waals surface area (Å²) in [6.45, 7) is 1.70. The van der Waals surface area contributed by atoms with E-state index in [1.807, 2.05) is 6.20 Å². The van der Waals surface area contributed by atoms with Crippen molar-refractivity contribution in [3.05, 3.63) is 89.4 Å². The number of halogens is 2. The Labute approximate surface area is 220 Å². The molecule has 1 atom stereocenters. The maximum absolute atomic E-state index is 13.8. The topological polar surface area (TPSA) is 120 Å². The Bertz CT molecular complexity index is 1800. The molecule has 11 heteroatoms. The SMILES string of the molecule is CC1(c2ccc(F)cc2)C(=O)Nc2nc(-c3cn4cc(C5CC5)nc4c(Oc4cccc(F)c4)n3)nc(N)c21. The van der Waals surface area contributed by atoms with Crippen LogP contribution in [0, 0.1) is 11.6 Å². The molecular formula is C28H21F2N7O2. The lowest BCUT2D eigenvalue weighted by Gasteiger charge is -2.23. The van der Waals surface area contributed by atoms with Crippen LogP contribution in [0.3, 0.4) is 0 Å². The van der Waals surface area contributed by atoms with E-state index in [4.69, 9.17) is 15.5 Å². The smallest absolute Gasteiger partial charge is 0.264 e. The molecule has 3 N–H and O–H groups in total. The quantitative estimate of drug-likeness (QED) is 0.332. The van der Waals surface area contributed by atoms with Crippen LogP contribution in [0.1, 0.15) is 42.5 Å². The van der Waals surface area contributed by atoms with Gasteiger partial charge in [0, 0.05) is 24.4 Å². The molecule has 1 unspecified atom stereocenters. The summed E-state index contributed by atoms with van der Waals surface area (Å²) in [4.78, 5) is 31.6. The van der Waals surface area contributed by atoms with E-state index in [0.29, 0.717) is 28.4 Å². The minimum Gasteiger partial charge on any atom is -0.436 e. The number of anilines is 2. The Hall–Kier alpha value is -4.93. The number of carbonyl (C=O) groups excluding carboxylic acids is 1. The number of ether oxygens (including phenoxy) is 1. The van der Waals surface area contributed by atoms with E-state index in [1.165, 1.54) is 30.3 Å². The number of hydrogen-bond acceptors (Lipinski definition) is 7.